The molecule has 2 amide bonds. The minimum Gasteiger partial charge on any atom is -0.443 e. The molecular formula is C26H38N4O4. The van der Waals surface area contributed by atoms with Crippen molar-refractivity contribution in [3.8, 4) is 0 Å². The van der Waals surface area contributed by atoms with E-state index in [1.807, 2.05) is 71.9 Å². The normalized spacial score (nSPS) is 11.6. The molecule has 8 nitrogen and oxygen atoms in total. The van der Waals surface area contributed by atoms with Crippen LogP contribution in [0.4, 0.5) is 21.2 Å². The fourth-order valence-electron chi connectivity index (χ4n) is 3.07. The summed E-state index contributed by atoms with van der Waals surface area (Å²) in [6.45, 7) is 13.4. The Morgan fingerprint density at radius 1 is 0.794 bits per heavy atom. The molecule has 0 saturated heterocycles. The summed E-state index contributed by atoms with van der Waals surface area (Å²) in [6, 6.07) is 11.1. The first-order valence-corrected chi connectivity index (χ1v) is 11.7. The number of ether oxygens (including phenoxy) is 2. The van der Waals surface area contributed by atoms with Gasteiger partial charge in [0, 0.05) is 31.4 Å². The van der Waals surface area contributed by atoms with Gasteiger partial charge in [-0.2, -0.15) is 0 Å². The molecule has 34 heavy (non-hydrogen) atoms. The average molecular weight is 471 g/mol. The zero-order valence-electron chi connectivity index (χ0n) is 21.7. The molecule has 0 atom stereocenters. The maximum atomic E-state index is 13.0. The first kappa shape index (κ1) is 27.1. The lowest BCUT2D eigenvalue weighted by atomic mass is 10.2. The number of rotatable bonds is 7. The number of hydrogen-bond acceptors (Lipinski definition) is 6. The lowest BCUT2D eigenvalue weighted by molar-refractivity contribution is 0.0572. The van der Waals surface area contributed by atoms with Crippen molar-refractivity contribution in [1.82, 2.24) is 9.97 Å². The molecule has 8 heteroatoms. The summed E-state index contributed by atoms with van der Waals surface area (Å²) < 4.78 is 11.1. The monoisotopic (exact) mass is 470 g/mol. The van der Waals surface area contributed by atoms with E-state index in [1.54, 1.807) is 13.1 Å². The van der Waals surface area contributed by atoms with Crippen molar-refractivity contribution in [2.24, 2.45) is 0 Å². The standard InChI is InChI=1S/C26H38N4O4/c1-9-12-19-13-11-16-22(28-19)30(24(32)34-26(5,6)7)18-17-20-14-10-15-21(27-20)29(8)23(31)33-25(2,3)4/h10-11,13-16H,9,12,17-18H2,1-8H3. The van der Waals surface area contributed by atoms with Gasteiger partial charge in [-0.05, 0) is 72.2 Å². The van der Waals surface area contributed by atoms with Crippen molar-refractivity contribution in [2.75, 3.05) is 23.4 Å². The van der Waals surface area contributed by atoms with E-state index in [9.17, 15) is 9.59 Å². The van der Waals surface area contributed by atoms with Crippen LogP contribution in [0.5, 0.6) is 0 Å². The Morgan fingerprint density at radius 2 is 1.29 bits per heavy atom. The number of carbonyl (C=O) groups excluding carboxylic acids is 2. The van der Waals surface area contributed by atoms with Gasteiger partial charge in [0.05, 0.1) is 0 Å². The summed E-state index contributed by atoms with van der Waals surface area (Å²) in [6.07, 6.45) is 1.30. The van der Waals surface area contributed by atoms with E-state index < -0.39 is 23.4 Å². The highest BCUT2D eigenvalue weighted by Gasteiger charge is 2.25. The fraction of sp³-hybridized carbons (Fsp3) is 0.538. The van der Waals surface area contributed by atoms with Gasteiger partial charge in [-0.15, -0.1) is 0 Å². The zero-order chi connectivity index (χ0) is 25.5. The zero-order valence-corrected chi connectivity index (χ0v) is 21.7. The summed E-state index contributed by atoms with van der Waals surface area (Å²) in [7, 11) is 1.62. The molecule has 0 aliphatic carbocycles. The summed E-state index contributed by atoms with van der Waals surface area (Å²) in [5.41, 5.74) is 0.416. The van der Waals surface area contributed by atoms with E-state index in [-0.39, 0.29) is 0 Å². The molecule has 0 N–H and O–H groups in total. The molecular weight excluding hydrogens is 432 g/mol. The van der Waals surface area contributed by atoms with Gasteiger partial charge in [-0.25, -0.2) is 19.6 Å². The van der Waals surface area contributed by atoms with Crippen molar-refractivity contribution < 1.29 is 19.1 Å². The highest BCUT2D eigenvalue weighted by molar-refractivity contribution is 5.87. The number of hydrogen-bond donors (Lipinski definition) is 0. The average Bonchev–Trinajstić information content (AvgIpc) is 2.71. The summed E-state index contributed by atoms with van der Waals surface area (Å²) >= 11 is 0. The van der Waals surface area contributed by atoms with Gasteiger partial charge in [0.1, 0.15) is 22.8 Å². The second-order valence-corrected chi connectivity index (χ2v) is 10.1. The Balaban J connectivity index is 2.23. The molecule has 0 aliphatic heterocycles. The second kappa shape index (κ2) is 11.3. The molecule has 0 aliphatic rings. The number of pyridine rings is 2. The highest BCUT2D eigenvalue weighted by atomic mass is 16.6. The summed E-state index contributed by atoms with van der Waals surface area (Å²) in [5.74, 6) is 1.01. The maximum absolute atomic E-state index is 13.0. The fourth-order valence-corrected chi connectivity index (χ4v) is 3.07. The van der Waals surface area contributed by atoms with Gasteiger partial charge in [0.15, 0.2) is 0 Å². The van der Waals surface area contributed by atoms with Crippen LogP contribution < -0.4 is 9.80 Å². The Bertz CT molecular complexity index is 979. The number of carbonyl (C=O) groups is 2. The molecule has 2 aromatic heterocycles. The third-order valence-corrected chi connectivity index (χ3v) is 4.58. The van der Waals surface area contributed by atoms with Gasteiger partial charge >= 0.3 is 12.2 Å². The lowest BCUT2D eigenvalue weighted by Gasteiger charge is -2.27. The Morgan fingerprint density at radius 3 is 1.85 bits per heavy atom. The van der Waals surface area contributed by atoms with Crippen LogP contribution in [0.2, 0.25) is 0 Å². The Kier molecular flexibility index (Phi) is 9.01. The molecule has 0 bridgehead atoms. The number of amides is 2. The number of nitrogens with zero attached hydrogens (tertiary/aromatic N) is 4. The topological polar surface area (TPSA) is 84.9 Å². The lowest BCUT2D eigenvalue weighted by Crippen LogP contribution is -2.39. The predicted octanol–water partition coefficient (Wildman–Crippen LogP) is 5.78. The molecule has 2 aromatic rings. The summed E-state index contributed by atoms with van der Waals surface area (Å²) in [4.78, 5) is 37.6. The van der Waals surface area contributed by atoms with Crippen LogP contribution in [-0.2, 0) is 22.3 Å². The largest absolute Gasteiger partial charge is 0.443 e. The first-order chi connectivity index (χ1) is 15.8. The van der Waals surface area contributed by atoms with Crippen LogP contribution in [0.25, 0.3) is 0 Å². The van der Waals surface area contributed by atoms with Gasteiger partial charge < -0.3 is 9.47 Å². The minimum atomic E-state index is -0.634. The van der Waals surface area contributed by atoms with E-state index in [4.69, 9.17) is 9.47 Å². The molecule has 2 rings (SSSR count). The van der Waals surface area contributed by atoms with Crippen LogP contribution in [0.1, 0.15) is 66.3 Å². The van der Waals surface area contributed by atoms with Gasteiger partial charge in [-0.1, -0.05) is 25.5 Å². The van der Waals surface area contributed by atoms with E-state index >= 15 is 0 Å². The smallest absolute Gasteiger partial charge is 0.416 e. The molecule has 0 spiro atoms. The van der Waals surface area contributed by atoms with E-state index in [2.05, 4.69) is 16.9 Å². The predicted molar refractivity (Wildman–Crippen MR) is 134 cm³/mol. The summed E-state index contributed by atoms with van der Waals surface area (Å²) in [5, 5.41) is 0. The van der Waals surface area contributed by atoms with Crippen LogP contribution in [-0.4, -0.2) is 46.9 Å². The first-order valence-electron chi connectivity index (χ1n) is 11.7. The van der Waals surface area contributed by atoms with Crippen molar-refractivity contribution in [1.29, 1.82) is 0 Å². The van der Waals surface area contributed by atoms with Crippen molar-refractivity contribution >= 4 is 23.8 Å². The van der Waals surface area contributed by atoms with Crippen molar-refractivity contribution in [3.05, 3.63) is 47.8 Å². The molecule has 0 unspecified atom stereocenters. The third-order valence-electron chi connectivity index (χ3n) is 4.58. The Hall–Kier alpha value is -3.16. The van der Waals surface area contributed by atoms with Crippen molar-refractivity contribution in [3.63, 3.8) is 0 Å². The van der Waals surface area contributed by atoms with E-state index in [0.29, 0.717) is 24.6 Å². The van der Waals surface area contributed by atoms with E-state index in [0.717, 1.165) is 24.2 Å². The Labute approximate surface area is 203 Å². The van der Waals surface area contributed by atoms with Crippen LogP contribution in [0.15, 0.2) is 36.4 Å². The molecule has 0 saturated carbocycles. The molecule has 0 fully saturated rings. The molecule has 0 aromatic carbocycles. The number of aryl methyl sites for hydroxylation is 1. The van der Waals surface area contributed by atoms with E-state index in [1.165, 1.54) is 9.80 Å². The molecule has 186 valence electrons. The van der Waals surface area contributed by atoms with Gasteiger partial charge in [0.25, 0.3) is 0 Å². The minimum absolute atomic E-state index is 0.324. The van der Waals surface area contributed by atoms with Crippen LogP contribution in [0, 0.1) is 0 Å². The highest BCUT2D eigenvalue weighted by Crippen LogP contribution is 2.19. The van der Waals surface area contributed by atoms with Crippen LogP contribution in [0.3, 0.4) is 0 Å². The maximum Gasteiger partial charge on any atom is 0.416 e. The molecule has 0 radical (unpaired) electrons. The van der Waals surface area contributed by atoms with Crippen LogP contribution >= 0.6 is 0 Å². The number of anilines is 2. The van der Waals surface area contributed by atoms with Crippen molar-refractivity contribution in [2.45, 2.75) is 78.9 Å². The second-order valence-electron chi connectivity index (χ2n) is 10.1. The SMILES string of the molecule is CCCc1cccc(N(CCc2cccc(N(C)C(=O)OC(C)(C)C)n2)C(=O)OC(C)(C)C)n1. The number of aromatic nitrogens is 2. The molecule has 2 heterocycles. The van der Waals surface area contributed by atoms with Gasteiger partial charge in [0.2, 0.25) is 0 Å². The third kappa shape index (κ3) is 8.65. The quantitative estimate of drug-likeness (QED) is 0.510. The van der Waals surface area contributed by atoms with Gasteiger partial charge in [-0.3, -0.25) is 9.80 Å².